The van der Waals surface area contributed by atoms with Crippen LogP contribution in [0.5, 0.6) is 0 Å². The number of rotatable bonds is 3. The Bertz CT molecular complexity index is 1150. The highest BCUT2D eigenvalue weighted by molar-refractivity contribution is 8.18. The van der Waals surface area contributed by atoms with Crippen LogP contribution in [0.1, 0.15) is 67.6 Å². The van der Waals surface area contributed by atoms with Gasteiger partial charge in [0.2, 0.25) is 0 Å². The number of thioether (sulfide) groups is 1. The summed E-state index contributed by atoms with van der Waals surface area (Å²) in [5, 5.41) is 1.87. The number of nitrogens with one attached hydrogen (secondary N) is 1. The Labute approximate surface area is 193 Å². The molecule has 0 unspecified atom stereocenters. The monoisotopic (exact) mass is 448 g/mol. The second-order valence-electron chi connectivity index (χ2n) is 9.84. The van der Waals surface area contributed by atoms with Crippen molar-refractivity contribution < 1.29 is 14.4 Å². The van der Waals surface area contributed by atoms with Crippen molar-refractivity contribution in [1.82, 2.24) is 5.32 Å². The van der Waals surface area contributed by atoms with Gasteiger partial charge in [-0.3, -0.25) is 19.7 Å². The average Bonchev–Trinajstić information content (AvgIpc) is 3.07. The van der Waals surface area contributed by atoms with Crippen LogP contribution in [-0.4, -0.2) is 24.1 Å². The van der Waals surface area contributed by atoms with Crippen LogP contribution in [0.15, 0.2) is 47.4 Å². The van der Waals surface area contributed by atoms with Crippen molar-refractivity contribution >= 4 is 40.6 Å². The first kappa shape index (κ1) is 22.3. The molecule has 2 aliphatic rings. The molecule has 4 rings (SSSR count). The lowest BCUT2D eigenvalue weighted by molar-refractivity contribution is -0.115. The van der Waals surface area contributed by atoms with Crippen LogP contribution in [-0.2, 0) is 15.6 Å². The van der Waals surface area contributed by atoms with Crippen molar-refractivity contribution in [2.75, 3.05) is 11.9 Å². The van der Waals surface area contributed by atoms with Gasteiger partial charge in [-0.25, -0.2) is 0 Å². The molecule has 1 aliphatic carbocycles. The maximum Gasteiger partial charge on any atom is 0.290 e. The Morgan fingerprint density at radius 2 is 1.59 bits per heavy atom. The van der Waals surface area contributed by atoms with E-state index in [1.807, 2.05) is 6.07 Å². The molecule has 1 heterocycles. The van der Waals surface area contributed by atoms with Gasteiger partial charge >= 0.3 is 0 Å². The summed E-state index contributed by atoms with van der Waals surface area (Å²) >= 11 is 0.878. The van der Waals surface area contributed by atoms with Gasteiger partial charge in [0.1, 0.15) is 0 Å². The molecule has 0 saturated carbocycles. The number of hydrogen-bond acceptors (Lipinski definition) is 4. The minimum Gasteiger partial charge on any atom is -0.311 e. The zero-order chi connectivity index (χ0) is 23.3. The number of nitrogens with zero attached hydrogens (tertiary/aromatic N) is 1. The Morgan fingerprint density at radius 1 is 0.969 bits per heavy atom. The molecule has 5 nitrogen and oxygen atoms in total. The zero-order valence-electron chi connectivity index (χ0n) is 19.1. The lowest BCUT2D eigenvalue weighted by Gasteiger charge is -2.42. The summed E-state index contributed by atoms with van der Waals surface area (Å²) in [6.45, 7) is 9.12. The molecule has 3 amide bonds. The normalized spacial score (nSPS) is 20.1. The largest absolute Gasteiger partial charge is 0.311 e. The molecule has 2 aromatic rings. The van der Waals surface area contributed by atoms with Crippen molar-refractivity contribution in [3.05, 3.63) is 69.6 Å². The van der Waals surface area contributed by atoms with Crippen LogP contribution >= 0.6 is 11.8 Å². The molecule has 2 aromatic carbocycles. The second-order valence-corrected chi connectivity index (χ2v) is 10.9. The van der Waals surface area contributed by atoms with Gasteiger partial charge in [-0.05, 0) is 82.5 Å². The van der Waals surface area contributed by atoms with Gasteiger partial charge in [0.15, 0.2) is 0 Å². The van der Waals surface area contributed by atoms with E-state index in [0.29, 0.717) is 10.5 Å². The van der Waals surface area contributed by atoms with E-state index in [4.69, 9.17) is 0 Å². The summed E-state index contributed by atoms with van der Waals surface area (Å²) in [4.78, 5) is 38.2. The fourth-order valence-corrected chi connectivity index (χ4v) is 5.07. The average molecular weight is 449 g/mol. The first-order chi connectivity index (χ1) is 15.0. The number of fused-ring (bicyclic) bond motifs is 1. The number of hydrogen-bond donors (Lipinski definition) is 1. The van der Waals surface area contributed by atoms with Gasteiger partial charge in [0.25, 0.3) is 17.1 Å². The highest BCUT2D eigenvalue weighted by atomic mass is 32.2. The third kappa shape index (κ3) is 4.11. The molecule has 0 aromatic heterocycles. The summed E-state index contributed by atoms with van der Waals surface area (Å²) in [6.07, 6.45) is 3.92. The Hall–Kier alpha value is -2.86. The summed E-state index contributed by atoms with van der Waals surface area (Å²) in [7, 11) is 1.80. The van der Waals surface area contributed by atoms with Crippen LogP contribution < -0.4 is 10.2 Å². The number of imide groups is 1. The van der Waals surface area contributed by atoms with E-state index in [2.05, 4.69) is 45.1 Å². The topological polar surface area (TPSA) is 66.5 Å². The summed E-state index contributed by atoms with van der Waals surface area (Å²) in [5.41, 5.74) is 5.09. The quantitative estimate of drug-likeness (QED) is 0.618. The van der Waals surface area contributed by atoms with E-state index in [1.165, 1.54) is 11.1 Å². The molecule has 1 saturated heterocycles. The summed E-state index contributed by atoms with van der Waals surface area (Å²) < 4.78 is 0. The van der Waals surface area contributed by atoms with E-state index in [1.54, 1.807) is 42.3 Å². The van der Waals surface area contributed by atoms with E-state index >= 15 is 0 Å². The second kappa shape index (κ2) is 7.93. The lowest BCUT2D eigenvalue weighted by atomic mass is 9.63. The fourth-order valence-electron chi connectivity index (χ4n) is 4.39. The molecule has 0 atom stereocenters. The van der Waals surface area contributed by atoms with E-state index in [9.17, 15) is 14.4 Å². The SMILES string of the molecule is CN(C(=O)c1ccc(/C=C2\SC(=O)NC2=O)cc1)c1ccc2c(c1)C(C)(C)CCC2(C)C. The molecule has 6 heteroatoms. The van der Waals surface area contributed by atoms with Crippen LogP contribution in [0.4, 0.5) is 10.5 Å². The summed E-state index contributed by atoms with van der Waals surface area (Å²) in [5.74, 6) is -0.487. The van der Waals surface area contributed by atoms with Gasteiger partial charge in [-0.2, -0.15) is 0 Å². The number of anilines is 1. The minimum atomic E-state index is -0.390. The highest BCUT2D eigenvalue weighted by Gasteiger charge is 2.37. The third-order valence-corrected chi connectivity index (χ3v) is 7.44. The van der Waals surface area contributed by atoms with Crippen molar-refractivity contribution in [3.63, 3.8) is 0 Å². The van der Waals surface area contributed by atoms with Gasteiger partial charge < -0.3 is 4.90 Å². The van der Waals surface area contributed by atoms with Crippen molar-refractivity contribution in [2.24, 2.45) is 0 Å². The number of carbonyl (C=O) groups excluding carboxylic acids is 3. The van der Waals surface area contributed by atoms with E-state index in [-0.39, 0.29) is 22.0 Å². The van der Waals surface area contributed by atoms with E-state index < -0.39 is 5.91 Å². The summed E-state index contributed by atoms with van der Waals surface area (Å²) in [6, 6.07) is 13.4. The Kier molecular flexibility index (Phi) is 5.53. The molecule has 1 aliphatic heterocycles. The highest BCUT2D eigenvalue weighted by Crippen LogP contribution is 2.46. The van der Waals surface area contributed by atoms with Gasteiger partial charge in [-0.15, -0.1) is 0 Å². The molecule has 0 radical (unpaired) electrons. The molecule has 1 N–H and O–H groups in total. The van der Waals surface area contributed by atoms with Gasteiger partial charge in [-0.1, -0.05) is 45.9 Å². The first-order valence-corrected chi connectivity index (χ1v) is 11.6. The smallest absolute Gasteiger partial charge is 0.290 e. The molecule has 166 valence electrons. The van der Waals surface area contributed by atoms with Crippen molar-refractivity contribution in [3.8, 4) is 0 Å². The molecule has 32 heavy (non-hydrogen) atoms. The predicted octanol–water partition coefficient (Wildman–Crippen LogP) is 5.64. The van der Waals surface area contributed by atoms with Crippen LogP contribution in [0.25, 0.3) is 6.08 Å². The predicted molar refractivity (Wildman–Crippen MR) is 130 cm³/mol. The number of carbonyl (C=O) groups is 3. The molecular weight excluding hydrogens is 420 g/mol. The number of amides is 3. The minimum absolute atomic E-state index is 0.0752. The van der Waals surface area contributed by atoms with E-state index in [0.717, 1.165) is 35.9 Å². The number of benzene rings is 2. The molecule has 0 bridgehead atoms. The Balaban J connectivity index is 1.57. The maximum absolute atomic E-state index is 13.2. The van der Waals surface area contributed by atoms with Crippen molar-refractivity contribution in [2.45, 2.75) is 51.4 Å². The van der Waals surface area contributed by atoms with Crippen LogP contribution in [0, 0.1) is 0 Å². The van der Waals surface area contributed by atoms with Crippen LogP contribution in [0.2, 0.25) is 0 Å². The molecular formula is C26H28N2O3S. The van der Waals surface area contributed by atoms with Crippen LogP contribution in [0.3, 0.4) is 0 Å². The molecule has 0 spiro atoms. The first-order valence-electron chi connectivity index (χ1n) is 10.8. The molecule has 1 fully saturated rings. The van der Waals surface area contributed by atoms with Gasteiger partial charge in [0, 0.05) is 18.3 Å². The standard InChI is InChI=1S/C26H28N2O3S/c1-25(2)12-13-26(3,4)20-15-18(10-11-19(20)25)28(5)23(30)17-8-6-16(7-9-17)14-21-22(29)27-24(31)32-21/h6-11,14-15H,12-13H2,1-5H3,(H,27,29,31)/b21-14-. The Morgan fingerprint density at radius 3 is 2.19 bits per heavy atom. The maximum atomic E-state index is 13.2. The van der Waals surface area contributed by atoms with Crippen molar-refractivity contribution in [1.29, 1.82) is 0 Å². The fraction of sp³-hybridized carbons (Fsp3) is 0.346. The zero-order valence-corrected chi connectivity index (χ0v) is 19.9. The third-order valence-electron chi connectivity index (χ3n) is 6.63. The van der Waals surface area contributed by atoms with Gasteiger partial charge in [0.05, 0.1) is 4.91 Å². The lowest BCUT2D eigenvalue weighted by Crippen LogP contribution is -2.34.